The van der Waals surface area contributed by atoms with Crippen LogP contribution in [-0.2, 0) is 4.79 Å². The normalized spacial score (nSPS) is 11.3. The molecule has 0 atom stereocenters. The highest BCUT2D eigenvalue weighted by molar-refractivity contribution is 7.12. The van der Waals surface area contributed by atoms with Crippen LogP contribution >= 0.6 is 11.3 Å². The molecule has 0 saturated carbocycles. The van der Waals surface area contributed by atoms with E-state index in [2.05, 4.69) is 0 Å². The van der Waals surface area contributed by atoms with E-state index in [0.717, 1.165) is 5.56 Å². The minimum absolute atomic E-state index is 0.215. The predicted octanol–water partition coefficient (Wildman–Crippen LogP) is 2.38. The molecule has 0 aliphatic heterocycles. The largest absolute Gasteiger partial charge is 0.480 e. The van der Waals surface area contributed by atoms with E-state index < -0.39 is 11.5 Å². The van der Waals surface area contributed by atoms with Crippen molar-refractivity contribution in [3.8, 4) is 0 Å². The summed E-state index contributed by atoms with van der Waals surface area (Å²) < 4.78 is 0. The number of carboxylic acids is 1. The Morgan fingerprint density at radius 2 is 2.06 bits per heavy atom. The number of rotatable bonds is 4. The van der Waals surface area contributed by atoms with Crippen LogP contribution in [0.2, 0.25) is 0 Å². The summed E-state index contributed by atoms with van der Waals surface area (Å²) in [5, 5.41) is 11.0. The van der Waals surface area contributed by atoms with Gasteiger partial charge in [0, 0.05) is 6.54 Å². The fourth-order valence-corrected chi connectivity index (χ4v) is 2.50. The number of carboxylic acid groups (broad SMARTS) is 1. The fourth-order valence-electron chi connectivity index (χ4n) is 1.62. The summed E-state index contributed by atoms with van der Waals surface area (Å²) in [6.07, 6.45) is 0. The lowest BCUT2D eigenvalue weighted by atomic mass is 10.0. The number of amides is 1. The summed E-state index contributed by atoms with van der Waals surface area (Å²) in [6, 6.07) is 1.86. The number of hydrogen-bond donors (Lipinski definition) is 1. The van der Waals surface area contributed by atoms with Crippen molar-refractivity contribution in [3.05, 3.63) is 21.9 Å². The molecule has 0 aliphatic carbocycles. The summed E-state index contributed by atoms with van der Waals surface area (Å²) in [7, 11) is 0. The summed E-state index contributed by atoms with van der Waals surface area (Å²) in [6.45, 7) is 7.09. The van der Waals surface area contributed by atoms with Crippen molar-refractivity contribution >= 4 is 23.2 Å². The van der Waals surface area contributed by atoms with Gasteiger partial charge in [-0.3, -0.25) is 4.79 Å². The van der Waals surface area contributed by atoms with Gasteiger partial charge in [0.05, 0.1) is 4.88 Å². The Kier molecular flexibility index (Phi) is 3.93. The van der Waals surface area contributed by atoms with Gasteiger partial charge in [0.15, 0.2) is 0 Å². The highest BCUT2D eigenvalue weighted by Gasteiger charge is 2.37. The predicted molar refractivity (Wildman–Crippen MR) is 67.5 cm³/mol. The standard InChI is InChI=1S/C12H17NO3S/c1-5-13(12(3,4)11(15)16)10(14)9-8(2)6-7-17-9/h6-7H,5H2,1-4H3,(H,15,16). The molecule has 94 valence electrons. The highest BCUT2D eigenvalue weighted by Crippen LogP contribution is 2.23. The Labute approximate surface area is 105 Å². The van der Waals surface area contributed by atoms with Gasteiger partial charge in [-0.25, -0.2) is 4.79 Å². The van der Waals surface area contributed by atoms with Gasteiger partial charge in [-0.2, -0.15) is 0 Å². The van der Waals surface area contributed by atoms with Crippen LogP contribution in [0.1, 0.15) is 36.0 Å². The van der Waals surface area contributed by atoms with E-state index in [1.54, 1.807) is 20.8 Å². The Balaban J connectivity index is 3.09. The zero-order valence-corrected chi connectivity index (χ0v) is 11.3. The van der Waals surface area contributed by atoms with Gasteiger partial charge in [0.2, 0.25) is 0 Å². The highest BCUT2D eigenvalue weighted by atomic mass is 32.1. The molecule has 4 nitrogen and oxygen atoms in total. The van der Waals surface area contributed by atoms with Gasteiger partial charge in [-0.05, 0) is 44.7 Å². The smallest absolute Gasteiger partial charge is 0.329 e. The Morgan fingerprint density at radius 3 is 2.41 bits per heavy atom. The number of likely N-dealkylation sites (N-methyl/N-ethyl adjacent to an activating group) is 1. The Bertz CT molecular complexity index is 437. The number of carbonyl (C=O) groups excluding carboxylic acids is 1. The van der Waals surface area contributed by atoms with E-state index in [1.807, 2.05) is 18.4 Å². The average molecular weight is 255 g/mol. The molecule has 17 heavy (non-hydrogen) atoms. The first-order valence-corrected chi connectivity index (χ1v) is 6.29. The summed E-state index contributed by atoms with van der Waals surface area (Å²) in [5.74, 6) is -1.21. The lowest BCUT2D eigenvalue weighted by molar-refractivity contribution is -0.147. The van der Waals surface area contributed by atoms with Gasteiger partial charge in [-0.15, -0.1) is 11.3 Å². The molecular weight excluding hydrogens is 238 g/mol. The minimum atomic E-state index is -1.19. The van der Waals surface area contributed by atoms with E-state index in [4.69, 9.17) is 5.11 Å². The zero-order valence-electron chi connectivity index (χ0n) is 10.5. The quantitative estimate of drug-likeness (QED) is 0.898. The number of nitrogens with zero attached hydrogens (tertiary/aromatic N) is 1. The number of aliphatic carboxylic acids is 1. The zero-order chi connectivity index (χ0) is 13.2. The molecule has 0 aromatic carbocycles. The maximum atomic E-state index is 12.3. The monoisotopic (exact) mass is 255 g/mol. The molecule has 1 N–H and O–H groups in total. The van der Waals surface area contributed by atoms with Crippen molar-refractivity contribution in [1.29, 1.82) is 0 Å². The van der Waals surface area contributed by atoms with E-state index >= 15 is 0 Å². The van der Waals surface area contributed by atoms with Crippen molar-refractivity contribution in [2.45, 2.75) is 33.2 Å². The Morgan fingerprint density at radius 1 is 1.47 bits per heavy atom. The van der Waals surface area contributed by atoms with Crippen molar-refractivity contribution in [1.82, 2.24) is 4.90 Å². The number of carbonyl (C=O) groups is 2. The van der Waals surface area contributed by atoms with Crippen molar-refractivity contribution in [3.63, 3.8) is 0 Å². The van der Waals surface area contributed by atoms with Crippen LogP contribution in [0, 0.1) is 6.92 Å². The van der Waals surface area contributed by atoms with Crippen molar-refractivity contribution in [2.75, 3.05) is 6.54 Å². The van der Waals surface area contributed by atoms with Crippen molar-refractivity contribution in [2.24, 2.45) is 0 Å². The second-order valence-electron chi connectivity index (χ2n) is 4.35. The first-order valence-electron chi connectivity index (χ1n) is 5.41. The molecule has 1 amide bonds. The molecule has 0 aliphatic rings. The second kappa shape index (κ2) is 4.87. The molecule has 0 bridgehead atoms. The molecule has 0 saturated heterocycles. The molecular formula is C12H17NO3S. The van der Waals surface area contributed by atoms with E-state index in [-0.39, 0.29) is 5.91 Å². The number of aryl methyl sites for hydroxylation is 1. The summed E-state index contributed by atoms with van der Waals surface area (Å²) in [4.78, 5) is 25.5. The van der Waals surface area contributed by atoms with Gasteiger partial charge in [0.1, 0.15) is 5.54 Å². The molecule has 1 aromatic rings. The van der Waals surface area contributed by atoms with Crippen LogP contribution in [0.25, 0.3) is 0 Å². The molecule has 1 aromatic heterocycles. The van der Waals surface area contributed by atoms with Crippen LogP contribution in [0.5, 0.6) is 0 Å². The van der Waals surface area contributed by atoms with E-state index in [0.29, 0.717) is 11.4 Å². The number of thiophene rings is 1. The topological polar surface area (TPSA) is 57.6 Å². The average Bonchev–Trinajstić information content (AvgIpc) is 2.64. The third kappa shape index (κ3) is 2.49. The maximum Gasteiger partial charge on any atom is 0.329 e. The molecule has 0 spiro atoms. The van der Waals surface area contributed by atoms with Crippen molar-refractivity contribution < 1.29 is 14.7 Å². The van der Waals surface area contributed by atoms with Gasteiger partial charge in [-0.1, -0.05) is 0 Å². The molecule has 0 fully saturated rings. The lowest BCUT2D eigenvalue weighted by Gasteiger charge is -2.34. The van der Waals surface area contributed by atoms with Gasteiger partial charge >= 0.3 is 5.97 Å². The maximum absolute atomic E-state index is 12.3. The first kappa shape index (κ1) is 13.7. The summed E-state index contributed by atoms with van der Waals surface area (Å²) in [5.41, 5.74) is -0.304. The first-order chi connectivity index (χ1) is 7.82. The van der Waals surface area contributed by atoms with Crippen LogP contribution in [0.4, 0.5) is 0 Å². The molecule has 0 radical (unpaired) electrons. The third-order valence-corrected chi connectivity index (χ3v) is 3.82. The second-order valence-corrected chi connectivity index (χ2v) is 5.26. The third-order valence-electron chi connectivity index (χ3n) is 2.82. The SMILES string of the molecule is CCN(C(=O)c1sccc1C)C(C)(C)C(=O)O. The van der Waals surface area contributed by atoms with Crippen LogP contribution < -0.4 is 0 Å². The van der Waals surface area contributed by atoms with Crippen LogP contribution in [0.15, 0.2) is 11.4 Å². The fraction of sp³-hybridized carbons (Fsp3) is 0.500. The molecule has 1 rings (SSSR count). The van der Waals surface area contributed by atoms with E-state index in [9.17, 15) is 9.59 Å². The van der Waals surface area contributed by atoms with E-state index in [1.165, 1.54) is 16.2 Å². The molecule has 0 unspecified atom stereocenters. The van der Waals surface area contributed by atoms with Gasteiger partial charge in [0.25, 0.3) is 5.91 Å². The molecule has 5 heteroatoms. The van der Waals surface area contributed by atoms with Crippen LogP contribution in [0.3, 0.4) is 0 Å². The molecule has 1 heterocycles. The minimum Gasteiger partial charge on any atom is -0.480 e. The Hall–Kier alpha value is -1.36. The van der Waals surface area contributed by atoms with Gasteiger partial charge < -0.3 is 10.0 Å². The lowest BCUT2D eigenvalue weighted by Crippen LogP contribution is -2.52. The summed E-state index contributed by atoms with van der Waals surface area (Å²) >= 11 is 1.35. The number of hydrogen-bond acceptors (Lipinski definition) is 3. The van der Waals surface area contributed by atoms with Crippen LogP contribution in [-0.4, -0.2) is 34.0 Å².